The van der Waals surface area contributed by atoms with Crippen LogP contribution in [0.25, 0.3) is 26.6 Å². The molecule has 3 N–H and O–H groups in total. The normalized spacial score (nSPS) is 17.3. The second kappa shape index (κ2) is 20.1. The molecule has 16 nitrogen and oxygen atoms in total. The summed E-state index contributed by atoms with van der Waals surface area (Å²) in [4.78, 5) is 67.2. The third kappa shape index (κ3) is 10.0. The Morgan fingerprint density at radius 2 is 1.63 bits per heavy atom. The van der Waals surface area contributed by atoms with Gasteiger partial charge in [-0.15, -0.1) is 32.9 Å². The Kier molecular flexibility index (Phi) is 14.2. The van der Waals surface area contributed by atoms with Crippen molar-refractivity contribution in [2.24, 2.45) is 10.4 Å². The number of esters is 1. The van der Waals surface area contributed by atoms with Crippen molar-refractivity contribution in [2.75, 3.05) is 20.3 Å². The number of thiophene rings is 1. The van der Waals surface area contributed by atoms with Crippen molar-refractivity contribution in [3.63, 3.8) is 0 Å². The number of ether oxygens (including phenoxy) is 2. The predicted molar refractivity (Wildman–Crippen MR) is 267 cm³/mol. The fourth-order valence-electron chi connectivity index (χ4n) is 8.87. The highest BCUT2D eigenvalue weighted by molar-refractivity contribution is 7.15. The van der Waals surface area contributed by atoms with Gasteiger partial charge in [-0.25, -0.2) is 4.98 Å². The molecule has 8 rings (SSSR count). The molecule has 0 radical (unpaired) electrons. The summed E-state index contributed by atoms with van der Waals surface area (Å²) in [5.74, 6) is -0.500. The number of methoxy groups -OCH3 is 1. The van der Waals surface area contributed by atoms with Crippen LogP contribution in [0.1, 0.15) is 103 Å². The zero-order chi connectivity index (χ0) is 50.2. The van der Waals surface area contributed by atoms with E-state index in [9.17, 15) is 29.5 Å². The van der Waals surface area contributed by atoms with Gasteiger partial charge in [-0.05, 0) is 80.0 Å². The van der Waals surface area contributed by atoms with E-state index < -0.39 is 59.9 Å². The van der Waals surface area contributed by atoms with Gasteiger partial charge in [0.25, 0.3) is 5.91 Å². The standard InChI is InChI=1S/C52H55N9O7S2/c1-27-30(4)70-51-44(27)45(56-39(22-43(64)67-9)48-59-58-31(5)61(48)51)34-14-12-33(13-15-34)36-18-19-41(37(20-36)23-53)68-25-42(63)57-47(52(6,7)8)50(66)60-24-38(62)21-40(60)49(65)55-28(2)32-10-16-35(17-11-32)46-29(3)54-26-69-46/h10-20,26,28,38-40,47,62H,21-22,24-25H2,1-9H3,(H,55,65)(H,57,63)/t28-,38+,39-,40-,47+/m0/s1. The number of amides is 3. The Morgan fingerprint density at radius 1 is 0.943 bits per heavy atom. The molecule has 1 fully saturated rings. The van der Waals surface area contributed by atoms with Gasteiger partial charge in [0.1, 0.15) is 40.8 Å². The molecule has 362 valence electrons. The Morgan fingerprint density at radius 3 is 2.29 bits per heavy atom. The van der Waals surface area contributed by atoms with Gasteiger partial charge >= 0.3 is 5.97 Å². The molecule has 3 aromatic carbocycles. The summed E-state index contributed by atoms with van der Waals surface area (Å²) >= 11 is 3.18. The number of carbonyl (C=O) groups excluding carboxylic acids is 4. The average Bonchev–Trinajstić information content (AvgIpc) is 4.11. The number of nitriles is 1. The summed E-state index contributed by atoms with van der Waals surface area (Å²) in [6.07, 6.45) is -0.892. The lowest BCUT2D eigenvalue weighted by molar-refractivity contribution is -0.144. The van der Waals surface area contributed by atoms with E-state index >= 15 is 0 Å². The van der Waals surface area contributed by atoms with E-state index in [1.54, 1.807) is 67.2 Å². The summed E-state index contributed by atoms with van der Waals surface area (Å²) in [5.41, 5.74) is 9.15. The lowest BCUT2D eigenvalue weighted by Crippen LogP contribution is -2.58. The quantitative estimate of drug-likeness (QED) is 0.0968. The molecule has 2 aliphatic rings. The van der Waals surface area contributed by atoms with E-state index in [2.05, 4.69) is 45.7 Å². The highest BCUT2D eigenvalue weighted by atomic mass is 32.1. The van der Waals surface area contributed by atoms with Gasteiger partial charge in [-0.1, -0.05) is 75.4 Å². The molecule has 3 aromatic heterocycles. The highest BCUT2D eigenvalue weighted by Gasteiger charge is 2.45. The molecule has 70 heavy (non-hydrogen) atoms. The summed E-state index contributed by atoms with van der Waals surface area (Å²) in [6, 6.07) is 19.9. The van der Waals surface area contributed by atoms with Gasteiger partial charge in [-0.2, -0.15) is 5.26 Å². The molecule has 0 aliphatic carbocycles. The Hall–Kier alpha value is -7.07. The first kappa shape index (κ1) is 49.4. The number of rotatable bonds is 13. The molecular weight excluding hydrogens is 927 g/mol. The topological polar surface area (TPSA) is 214 Å². The van der Waals surface area contributed by atoms with E-state index in [0.29, 0.717) is 17.4 Å². The number of nitrogens with one attached hydrogen (secondary N) is 2. The maximum atomic E-state index is 14.3. The highest BCUT2D eigenvalue weighted by Crippen LogP contribution is 2.40. The van der Waals surface area contributed by atoms with E-state index in [1.165, 1.54) is 12.0 Å². The molecule has 2 aliphatic heterocycles. The number of fused-ring (bicyclic) bond motifs is 3. The van der Waals surface area contributed by atoms with Gasteiger partial charge in [0.2, 0.25) is 11.8 Å². The van der Waals surface area contributed by atoms with Gasteiger partial charge < -0.3 is 30.1 Å². The number of aliphatic imine (C=N–C) groups is 1. The van der Waals surface area contributed by atoms with Gasteiger partial charge in [0, 0.05) is 29.0 Å². The zero-order valence-electron chi connectivity index (χ0n) is 40.5. The largest absolute Gasteiger partial charge is 0.482 e. The lowest BCUT2D eigenvalue weighted by atomic mass is 9.85. The number of nitrogens with zero attached hydrogens (tertiary/aromatic N) is 7. The van der Waals surface area contributed by atoms with Crippen molar-refractivity contribution in [1.29, 1.82) is 5.26 Å². The van der Waals surface area contributed by atoms with Gasteiger partial charge in [0.05, 0.1) is 53.0 Å². The maximum absolute atomic E-state index is 14.3. The van der Waals surface area contributed by atoms with Crippen LogP contribution in [-0.4, -0.2) is 97.6 Å². The number of benzene rings is 3. The monoisotopic (exact) mass is 981 g/mol. The van der Waals surface area contributed by atoms with Crippen LogP contribution in [0.3, 0.4) is 0 Å². The van der Waals surface area contributed by atoms with Gasteiger partial charge in [-0.3, -0.25) is 28.7 Å². The molecule has 5 atom stereocenters. The minimum absolute atomic E-state index is 0.0121. The van der Waals surface area contributed by atoms with E-state index in [1.807, 2.05) is 73.9 Å². The van der Waals surface area contributed by atoms with Crippen molar-refractivity contribution < 1.29 is 33.8 Å². The van der Waals surface area contributed by atoms with Crippen molar-refractivity contribution in [1.82, 2.24) is 35.3 Å². The van der Waals surface area contributed by atoms with Crippen LogP contribution >= 0.6 is 22.7 Å². The molecule has 0 saturated carbocycles. The van der Waals surface area contributed by atoms with E-state index in [-0.39, 0.29) is 36.7 Å². The van der Waals surface area contributed by atoms with Crippen molar-refractivity contribution in [2.45, 2.75) is 98.5 Å². The van der Waals surface area contributed by atoms with Crippen molar-refractivity contribution >= 4 is 52.1 Å². The molecule has 3 amide bonds. The first-order valence-corrected chi connectivity index (χ1v) is 24.6. The lowest BCUT2D eigenvalue weighted by Gasteiger charge is -2.35. The minimum atomic E-state index is -1.07. The number of aliphatic hydroxyl groups is 1. The van der Waals surface area contributed by atoms with Crippen LogP contribution < -0.4 is 15.4 Å². The van der Waals surface area contributed by atoms with E-state index in [4.69, 9.17) is 14.5 Å². The maximum Gasteiger partial charge on any atom is 0.308 e. The SMILES string of the molecule is COC(=O)C[C@@H]1N=C(c2ccc(-c3ccc(OCC(=O)N[C@H](C(=O)N4C[C@H](O)C[C@H]4C(=O)N[C@@H](C)c4ccc(-c5scnc5C)cc4)C(C)(C)C)c(C#N)c3)cc2)c2c(sc(C)c2C)-n2c(C)nnc21. The fraction of sp³-hybridized carbons (Fsp3) is 0.365. The number of hydrogen-bond donors (Lipinski definition) is 3. The minimum Gasteiger partial charge on any atom is -0.482 e. The van der Waals surface area contributed by atoms with Crippen LogP contribution in [-0.2, 0) is 23.9 Å². The zero-order valence-corrected chi connectivity index (χ0v) is 42.1. The van der Waals surface area contributed by atoms with Crippen molar-refractivity contribution in [3.05, 3.63) is 122 Å². The molecule has 0 unspecified atom stereocenters. The molecular formula is C52H55N9O7S2. The fourth-order valence-corrected chi connectivity index (χ4v) is 10.9. The summed E-state index contributed by atoms with van der Waals surface area (Å²) in [7, 11) is 1.35. The molecule has 18 heteroatoms. The van der Waals surface area contributed by atoms with Crippen LogP contribution in [0, 0.1) is 44.4 Å². The summed E-state index contributed by atoms with van der Waals surface area (Å²) in [5, 5.41) is 36.5. The molecule has 6 aromatic rings. The number of likely N-dealkylation sites (tertiary alicyclic amines) is 1. The Balaban J connectivity index is 0.936. The predicted octanol–water partition coefficient (Wildman–Crippen LogP) is 7.43. The number of β-amino-alcohol motifs (C(OH)–C–C–N with tert-alkyl or cyclic N) is 1. The van der Waals surface area contributed by atoms with Crippen LogP contribution in [0.15, 0.2) is 77.2 Å². The van der Waals surface area contributed by atoms with Crippen molar-refractivity contribution in [3.8, 4) is 38.4 Å². The Labute approximate surface area is 414 Å². The Bertz CT molecular complexity index is 3050. The number of thiazole rings is 1. The number of carbonyl (C=O) groups is 4. The third-order valence-electron chi connectivity index (χ3n) is 12.8. The van der Waals surface area contributed by atoms with Crippen LogP contribution in [0.5, 0.6) is 5.75 Å². The van der Waals surface area contributed by atoms with Crippen LogP contribution in [0.4, 0.5) is 0 Å². The summed E-state index contributed by atoms with van der Waals surface area (Å²) < 4.78 is 12.9. The number of aromatic nitrogens is 4. The van der Waals surface area contributed by atoms with Gasteiger partial charge in [0.15, 0.2) is 12.4 Å². The van der Waals surface area contributed by atoms with Crippen LogP contribution in [0.2, 0.25) is 0 Å². The third-order valence-corrected chi connectivity index (χ3v) is 15.0. The second-order valence-corrected chi connectivity index (χ2v) is 20.8. The molecule has 5 heterocycles. The number of aliphatic hydroxyl groups excluding tert-OH is 1. The number of hydrogen-bond acceptors (Lipinski definition) is 14. The van der Waals surface area contributed by atoms with E-state index in [0.717, 1.165) is 59.4 Å². The first-order valence-electron chi connectivity index (χ1n) is 22.9. The molecule has 1 saturated heterocycles. The summed E-state index contributed by atoms with van der Waals surface area (Å²) in [6.45, 7) is 14.7. The molecule has 0 bridgehead atoms. The number of aryl methyl sites for hydroxylation is 3. The molecule has 0 spiro atoms. The second-order valence-electron chi connectivity index (χ2n) is 18.7. The first-order chi connectivity index (χ1) is 33.4. The average molecular weight is 982 g/mol. The smallest absolute Gasteiger partial charge is 0.308 e.